The van der Waals surface area contributed by atoms with Crippen LogP contribution in [0.5, 0.6) is 0 Å². The number of amides is 4. The van der Waals surface area contributed by atoms with Gasteiger partial charge in [0.1, 0.15) is 12.1 Å². The molecule has 0 saturated carbocycles. The van der Waals surface area contributed by atoms with Crippen LogP contribution in [-0.2, 0) is 9.59 Å². The Hall–Kier alpha value is -1.89. The molecule has 0 spiro atoms. The summed E-state index contributed by atoms with van der Waals surface area (Å²) in [6.45, 7) is 7.42. The van der Waals surface area contributed by atoms with Crippen molar-refractivity contribution in [1.82, 2.24) is 10.2 Å². The van der Waals surface area contributed by atoms with Crippen LogP contribution < -0.4 is 10.6 Å². The Morgan fingerprint density at radius 1 is 1.36 bits per heavy atom. The molecule has 1 saturated heterocycles. The second-order valence-electron chi connectivity index (χ2n) is 7.09. The van der Waals surface area contributed by atoms with Crippen LogP contribution in [0.2, 0.25) is 0 Å². The molecular formula is C18H24BrN3O3. The van der Waals surface area contributed by atoms with Crippen LogP contribution in [0, 0.1) is 12.8 Å². The fourth-order valence-electron chi connectivity index (χ4n) is 2.74. The second-order valence-corrected chi connectivity index (χ2v) is 8.01. The number of rotatable bonds is 6. The maximum absolute atomic E-state index is 12.6. The van der Waals surface area contributed by atoms with Gasteiger partial charge in [-0.15, -0.1) is 0 Å². The summed E-state index contributed by atoms with van der Waals surface area (Å²) in [6.07, 6.45) is 1.37. The van der Waals surface area contributed by atoms with Gasteiger partial charge in [0.2, 0.25) is 5.91 Å². The van der Waals surface area contributed by atoms with Crippen molar-refractivity contribution in [2.24, 2.45) is 5.92 Å². The van der Waals surface area contributed by atoms with E-state index in [1.54, 1.807) is 13.0 Å². The van der Waals surface area contributed by atoms with Crippen LogP contribution in [0.1, 0.15) is 39.2 Å². The van der Waals surface area contributed by atoms with Gasteiger partial charge in [-0.1, -0.05) is 29.8 Å². The van der Waals surface area contributed by atoms with E-state index in [-0.39, 0.29) is 12.5 Å². The molecule has 136 valence electrons. The molecule has 0 radical (unpaired) electrons. The zero-order chi connectivity index (χ0) is 18.8. The average Bonchev–Trinajstić information content (AvgIpc) is 2.72. The number of imide groups is 1. The van der Waals surface area contributed by atoms with E-state index in [1.165, 1.54) is 0 Å². The maximum atomic E-state index is 12.6. The molecule has 0 bridgehead atoms. The molecule has 4 amide bonds. The van der Waals surface area contributed by atoms with Gasteiger partial charge in [0.25, 0.3) is 5.91 Å². The lowest BCUT2D eigenvalue weighted by atomic mass is 9.92. The summed E-state index contributed by atoms with van der Waals surface area (Å²) < 4.78 is 0.915. The van der Waals surface area contributed by atoms with E-state index in [4.69, 9.17) is 0 Å². The van der Waals surface area contributed by atoms with Crippen LogP contribution >= 0.6 is 15.9 Å². The third-order valence-electron chi connectivity index (χ3n) is 4.33. The molecule has 7 heteroatoms. The predicted molar refractivity (Wildman–Crippen MR) is 100 cm³/mol. The predicted octanol–water partition coefficient (Wildman–Crippen LogP) is 3.44. The molecular weight excluding hydrogens is 386 g/mol. The zero-order valence-electron chi connectivity index (χ0n) is 15.0. The number of aryl methyl sites for hydroxylation is 1. The number of carbonyl (C=O) groups excluding carboxylic acids is 3. The lowest BCUT2D eigenvalue weighted by molar-refractivity contribution is -0.133. The van der Waals surface area contributed by atoms with Gasteiger partial charge < -0.3 is 10.6 Å². The Labute approximate surface area is 156 Å². The van der Waals surface area contributed by atoms with Crippen LogP contribution in [0.4, 0.5) is 10.5 Å². The molecule has 0 unspecified atom stereocenters. The van der Waals surface area contributed by atoms with Crippen molar-refractivity contribution in [3.05, 3.63) is 28.2 Å². The number of halogens is 1. The SMILES string of the molecule is Cc1cc(Br)ccc1NC(=O)CN1C(=O)N[C@](C)(CCC(C)C)C1=O. The van der Waals surface area contributed by atoms with E-state index in [0.717, 1.165) is 21.4 Å². The van der Waals surface area contributed by atoms with Crippen LogP contribution in [0.15, 0.2) is 22.7 Å². The third kappa shape index (κ3) is 4.60. The minimum Gasteiger partial charge on any atom is -0.324 e. The molecule has 6 nitrogen and oxygen atoms in total. The molecule has 1 aromatic carbocycles. The minimum absolute atomic E-state index is 0.294. The van der Waals surface area contributed by atoms with Gasteiger partial charge in [-0.25, -0.2) is 4.79 Å². The van der Waals surface area contributed by atoms with Crippen molar-refractivity contribution < 1.29 is 14.4 Å². The monoisotopic (exact) mass is 409 g/mol. The molecule has 1 aromatic rings. The van der Waals surface area contributed by atoms with E-state index < -0.39 is 17.5 Å². The first-order chi connectivity index (χ1) is 11.6. The molecule has 1 aliphatic heterocycles. The number of nitrogens with zero attached hydrogens (tertiary/aromatic N) is 1. The Morgan fingerprint density at radius 3 is 2.64 bits per heavy atom. The van der Waals surface area contributed by atoms with Crippen molar-refractivity contribution >= 4 is 39.5 Å². The molecule has 1 atom stereocenters. The van der Waals surface area contributed by atoms with E-state index in [0.29, 0.717) is 18.0 Å². The van der Waals surface area contributed by atoms with Crippen molar-refractivity contribution in [2.45, 2.75) is 46.1 Å². The van der Waals surface area contributed by atoms with Gasteiger partial charge >= 0.3 is 6.03 Å². The maximum Gasteiger partial charge on any atom is 0.325 e. The number of hydrogen-bond acceptors (Lipinski definition) is 3. The molecule has 1 heterocycles. The number of carbonyl (C=O) groups is 3. The summed E-state index contributed by atoms with van der Waals surface area (Å²) >= 11 is 3.37. The van der Waals surface area contributed by atoms with Crippen LogP contribution in [0.25, 0.3) is 0 Å². The summed E-state index contributed by atoms with van der Waals surface area (Å²) in [4.78, 5) is 38.0. The molecule has 25 heavy (non-hydrogen) atoms. The van der Waals surface area contributed by atoms with Crippen molar-refractivity contribution in [3.63, 3.8) is 0 Å². The van der Waals surface area contributed by atoms with Crippen LogP contribution in [-0.4, -0.2) is 34.8 Å². The molecule has 2 N–H and O–H groups in total. The molecule has 0 aromatic heterocycles. The third-order valence-corrected chi connectivity index (χ3v) is 4.82. The Balaban J connectivity index is 2.03. The fourth-order valence-corrected chi connectivity index (χ4v) is 3.21. The summed E-state index contributed by atoms with van der Waals surface area (Å²) in [5.74, 6) is -0.317. The highest BCUT2D eigenvalue weighted by Gasteiger charge is 2.47. The average molecular weight is 410 g/mol. The topological polar surface area (TPSA) is 78.5 Å². The lowest BCUT2D eigenvalue weighted by Crippen LogP contribution is -2.44. The van der Waals surface area contributed by atoms with Gasteiger partial charge in [0.05, 0.1) is 0 Å². The number of benzene rings is 1. The summed E-state index contributed by atoms with van der Waals surface area (Å²) in [5.41, 5.74) is 0.610. The quantitative estimate of drug-likeness (QED) is 0.706. The fraction of sp³-hybridized carbons (Fsp3) is 0.500. The summed E-state index contributed by atoms with van der Waals surface area (Å²) in [5, 5.41) is 5.47. The lowest BCUT2D eigenvalue weighted by Gasteiger charge is -2.22. The summed E-state index contributed by atoms with van der Waals surface area (Å²) in [7, 11) is 0. The van der Waals surface area contributed by atoms with Crippen molar-refractivity contribution in [1.29, 1.82) is 0 Å². The van der Waals surface area contributed by atoms with Crippen LogP contribution in [0.3, 0.4) is 0 Å². The molecule has 1 fully saturated rings. The molecule has 1 aliphatic rings. The van der Waals surface area contributed by atoms with E-state index >= 15 is 0 Å². The highest BCUT2D eigenvalue weighted by Crippen LogP contribution is 2.25. The smallest absolute Gasteiger partial charge is 0.324 e. The first-order valence-electron chi connectivity index (χ1n) is 8.32. The van der Waals surface area contributed by atoms with E-state index in [1.807, 2.05) is 19.1 Å². The van der Waals surface area contributed by atoms with Gasteiger partial charge in [-0.3, -0.25) is 14.5 Å². The number of anilines is 1. The number of hydrogen-bond donors (Lipinski definition) is 2. The second kappa shape index (κ2) is 7.56. The molecule has 0 aliphatic carbocycles. The minimum atomic E-state index is -0.935. The van der Waals surface area contributed by atoms with E-state index in [9.17, 15) is 14.4 Å². The number of nitrogens with one attached hydrogen (secondary N) is 2. The largest absolute Gasteiger partial charge is 0.325 e. The van der Waals surface area contributed by atoms with Crippen molar-refractivity contribution in [2.75, 3.05) is 11.9 Å². The van der Waals surface area contributed by atoms with Gasteiger partial charge in [-0.2, -0.15) is 0 Å². The first-order valence-corrected chi connectivity index (χ1v) is 9.12. The standard InChI is InChI=1S/C18H24BrN3O3/c1-11(2)7-8-18(4)16(24)22(17(25)21-18)10-15(23)20-14-6-5-13(19)9-12(14)3/h5-6,9,11H,7-8,10H2,1-4H3,(H,20,23)(H,21,25)/t18-/m1/s1. The van der Waals surface area contributed by atoms with Gasteiger partial charge in [0.15, 0.2) is 0 Å². The Kier molecular flexibility index (Phi) is 5.87. The Bertz CT molecular complexity index is 705. The summed E-state index contributed by atoms with van der Waals surface area (Å²) in [6, 6.07) is 4.96. The normalized spacial score (nSPS) is 20.2. The first kappa shape index (κ1) is 19.4. The molecule has 2 rings (SSSR count). The highest BCUT2D eigenvalue weighted by molar-refractivity contribution is 9.10. The zero-order valence-corrected chi connectivity index (χ0v) is 16.6. The van der Waals surface area contributed by atoms with E-state index in [2.05, 4.69) is 40.4 Å². The van der Waals surface area contributed by atoms with Gasteiger partial charge in [-0.05, 0) is 56.4 Å². The highest BCUT2D eigenvalue weighted by atomic mass is 79.9. The van der Waals surface area contributed by atoms with Crippen molar-refractivity contribution in [3.8, 4) is 0 Å². The Morgan fingerprint density at radius 2 is 2.04 bits per heavy atom. The number of urea groups is 1. The van der Waals surface area contributed by atoms with Gasteiger partial charge in [0, 0.05) is 10.2 Å².